The zero-order valence-corrected chi connectivity index (χ0v) is 11.3. The van der Waals surface area contributed by atoms with Crippen molar-refractivity contribution >= 4 is 11.9 Å². The standard InChI is InChI=1S/C16H15NO4/c17-16(20)13-5-1-12(2-6-13)10-21-14-7-3-11(4-8-14)9-15(18)19/h1-8H,9-10H2,(H2,17,20)(H,18,19). The fourth-order valence-electron chi connectivity index (χ4n) is 1.81. The molecule has 0 fully saturated rings. The average Bonchev–Trinajstić information content (AvgIpc) is 2.46. The Kier molecular flexibility index (Phi) is 4.56. The third kappa shape index (κ3) is 4.35. The summed E-state index contributed by atoms with van der Waals surface area (Å²) >= 11 is 0. The van der Waals surface area contributed by atoms with Crippen LogP contribution < -0.4 is 10.5 Å². The largest absolute Gasteiger partial charge is 0.489 e. The first-order valence-electron chi connectivity index (χ1n) is 6.37. The maximum Gasteiger partial charge on any atom is 0.307 e. The molecule has 5 nitrogen and oxygen atoms in total. The van der Waals surface area contributed by atoms with Crippen LogP contribution in [0.15, 0.2) is 48.5 Å². The Hall–Kier alpha value is -2.82. The third-order valence-corrected chi connectivity index (χ3v) is 2.92. The van der Waals surface area contributed by atoms with Crippen LogP contribution in [0.4, 0.5) is 0 Å². The van der Waals surface area contributed by atoms with Crippen molar-refractivity contribution in [2.45, 2.75) is 13.0 Å². The summed E-state index contributed by atoms with van der Waals surface area (Å²) in [5.41, 5.74) is 7.26. The van der Waals surface area contributed by atoms with Crippen LogP contribution >= 0.6 is 0 Å². The molecule has 5 heteroatoms. The van der Waals surface area contributed by atoms with E-state index in [4.69, 9.17) is 15.6 Å². The number of hydrogen-bond donors (Lipinski definition) is 2. The smallest absolute Gasteiger partial charge is 0.307 e. The monoisotopic (exact) mass is 285 g/mol. The summed E-state index contributed by atoms with van der Waals surface area (Å²) in [4.78, 5) is 21.5. The zero-order chi connectivity index (χ0) is 15.2. The summed E-state index contributed by atoms with van der Waals surface area (Å²) in [5.74, 6) is -0.669. The maximum absolute atomic E-state index is 10.9. The molecule has 0 bridgehead atoms. The molecule has 0 aliphatic heterocycles. The number of amides is 1. The molecule has 2 aromatic carbocycles. The Morgan fingerprint density at radius 1 is 0.952 bits per heavy atom. The van der Waals surface area contributed by atoms with Crippen LogP contribution in [-0.4, -0.2) is 17.0 Å². The first kappa shape index (κ1) is 14.6. The number of carbonyl (C=O) groups is 2. The maximum atomic E-state index is 10.9. The molecule has 0 aliphatic carbocycles. The molecule has 0 unspecified atom stereocenters. The topological polar surface area (TPSA) is 89.6 Å². The number of aliphatic carboxylic acids is 1. The second kappa shape index (κ2) is 6.56. The van der Waals surface area contributed by atoms with Crippen molar-refractivity contribution in [2.24, 2.45) is 5.73 Å². The van der Waals surface area contributed by atoms with Gasteiger partial charge in [-0.2, -0.15) is 0 Å². The Balaban J connectivity index is 1.93. The lowest BCUT2D eigenvalue weighted by Crippen LogP contribution is -2.10. The third-order valence-electron chi connectivity index (χ3n) is 2.92. The van der Waals surface area contributed by atoms with Crippen LogP contribution in [0.5, 0.6) is 5.75 Å². The Morgan fingerprint density at radius 2 is 1.52 bits per heavy atom. The minimum absolute atomic E-state index is 0.00510. The molecule has 0 heterocycles. The van der Waals surface area contributed by atoms with Crippen LogP contribution in [0.1, 0.15) is 21.5 Å². The molecule has 0 radical (unpaired) electrons. The van der Waals surface area contributed by atoms with Gasteiger partial charge < -0.3 is 15.6 Å². The normalized spacial score (nSPS) is 10.1. The molecule has 0 aromatic heterocycles. The number of rotatable bonds is 6. The number of hydrogen-bond acceptors (Lipinski definition) is 3. The predicted molar refractivity (Wildman–Crippen MR) is 77.1 cm³/mol. The molecule has 0 atom stereocenters. The summed E-state index contributed by atoms with van der Waals surface area (Å²) < 4.78 is 5.59. The molecule has 2 rings (SSSR count). The van der Waals surface area contributed by atoms with Crippen LogP contribution in [0.2, 0.25) is 0 Å². The van der Waals surface area contributed by atoms with Gasteiger partial charge in [-0.1, -0.05) is 24.3 Å². The van der Waals surface area contributed by atoms with Crippen molar-refractivity contribution in [2.75, 3.05) is 0 Å². The molecule has 21 heavy (non-hydrogen) atoms. The van der Waals surface area contributed by atoms with Crippen LogP contribution in [0.3, 0.4) is 0 Å². The van der Waals surface area contributed by atoms with Crippen molar-refractivity contribution in [3.63, 3.8) is 0 Å². The Morgan fingerprint density at radius 3 is 2.05 bits per heavy atom. The molecular formula is C16H15NO4. The van der Waals surface area contributed by atoms with E-state index < -0.39 is 11.9 Å². The number of carbonyl (C=O) groups excluding carboxylic acids is 1. The second-order valence-electron chi connectivity index (χ2n) is 4.56. The van der Waals surface area contributed by atoms with Crippen molar-refractivity contribution < 1.29 is 19.4 Å². The molecule has 1 amide bonds. The van der Waals surface area contributed by atoms with Crippen LogP contribution in [0, 0.1) is 0 Å². The van der Waals surface area contributed by atoms with Gasteiger partial charge in [-0.05, 0) is 35.4 Å². The number of primary amides is 1. The Bertz CT molecular complexity index is 632. The minimum atomic E-state index is -0.863. The summed E-state index contributed by atoms with van der Waals surface area (Å²) in [5, 5.41) is 8.69. The van der Waals surface area contributed by atoms with Gasteiger partial charge in [0, 0.05) is 5.56 Å². The van der Waals surface area contributed by atoms with Gasteiger partial charge in [0.1, 0.15) is 12.4 Å². The second-order valence-corrected chi connectivity index (χ2v) is 4.56. The highest BCUT2D eigenvalue weighted by atomic mass is 16.5. The van der Waals surface area contributed by atoms with Gasteiger partial charge in [0.05, 0.1) is 6.42 Å². The van der Waals surface area contributed by atoms with E-state index in [1.54, 1.807) is 48.5 Å². The first-order valence-corrected chi connectivity index (χ1v) is 6.37. The number of nitrogens with two attached hydrogens (primary N) is 1. The number of carboxylic acids is 1. The van der Waals surface area contributed by atoms with E-state index in [0.29, 0.717) is 17.9 Å². The van der Waals surface area contributed by atoms with Crippen LogP contribution in [0.25, 0.3) is 0 Å². The minimum Gasteiger partial charge on any atom is -0.489 e. The van der Waals surface area contributed by atoms with E-state index in [-0.39, 0.29) is 6.42 Å². The lowest BCUT2D eigenvalue weighted by Gasteiger charge is -2.07. The molecular weight excluding hydrogens is 270 g/mol. The molecule has 2 aromatic rings. The van der Waals surface area contributed by atoms with E-state index in [1.807, 2.05) is 0 Å². The lowest BCUT2D eigenvalue weighted by atomic mass is 10.1. The van der Waals surface area contributed by atoms with Crippen molar-refractivity contribution in [1.29, 1.82) is 0 Å². The number of ether oxygens (including phenoxy) is 1. The fraction of sp³-hybridized carbons (Fsp3) is 0.125. The molecule has 0 saturated heterocycles. The van der Waals surface area contributed by atoms with Crippen molar-refractivity contribution in [3.05, 3.63) is 65.2 Å². The van der Waals surface area contributed by atoms with E-state index in [9.17, 15) is 9.59 Å². The van der Waals surface area contributed by atoms with E-state index >= 15 is 0 Å². The van der Waals surface area contributed by atoms with Gasteiger partial charge in [0.2, 0.25) is 5.91 Å². The summed E-state index contributed by atoms with van der Waals surface area (Å²) in [7, 11) is 0. The van der Waals surface area contributed by atoms with Gasteiger partial charge in [-0.3, -0.25) is 9.59 Å². The quantitative estimate of drug-likeness (QED) is 0.849. The van der Waals surface area contributed by atoms with Crippen molar-refractivity contribution in [3.8, 4) is 5.75 Å². The number of carboxylic acid groups (broad SMARTS) is 1. The fourth-order valence-corrected chi connectivity index (χ4v) is 1.81. The average molecular weight is 285 g/mol. The highest BCUT2D eigenvalue weighted by Crippen LogP contribution is 2.15. The van der Waals surface area contributed by atoms with Crippen molar-refractivity contribution in [1.82, 2.24) is 0 Å². The molecule has 108 valence electrons. The lowest BCUT2D eigenvalue weighted by molar-refractivity contribution is -0.136. The molecule has 0 spiro atoms. The Labute approximate surface area is 122 Å². The molecule has 3 N–H and O–H groups in total. The van der Waals surface area contributed by atoms with Gasteiger partial charge in [0.25, 0.3) is 0 Å². The summed E-state index contributed by atoms with van der Waals surface area (Å²) in [6, 6.07) is 13.8. The summed E-state index contributed by atoms with van der Waals surface area (Å²) in [6.45, 7) is 0.358. The van der Waals surface area contributed by atoms with Gasteiger partial charge in [-0.15, -0.1) is 0 Å². The highest BCUT2D eigenvalue weighted by molar-refractivity contribution is 5.92. The van der Waals surface area contributed by atoms with Gasteiger partial charge in [0.15, 0.2) is 0 Å². The van der Waals surface area contributed by atoms with Gasteiger partial charge >= 0.3 is 5.97 Å². The highest BCUT2D eigenvalue weighted by Gasteiger charge is 2.02. The zero-order valence-electron chi connectivity index (χ0n) is 11.3. The van der Waals surface area contributed by atoms with E-state index in [0.717, 1.165) is 11.1 Å². The van der Waals surface area contributed by atoms with E-state index in [2.05, 4.69) is 0 Å². The summed E-state index contributed by atoms with van der Waals surface area (Å²) in [6.07, 6.45) is -0.00510. The molecule has 0 aliphatic rings. The predicted octanol–water partition coefficient (Wildman–Crippen LogP) is 1.99. The molecule has 0 saturated carbocycles. The first-order chi connectivity index (χ1) is 10.0. The van der Waals surface area contributed by atoms with Crippen LogP contribution in [-0.2, 0) is 17.8 Å². The van der Waals surface area contributed by atoms with E-state index in [1.165, 1.54) is 0 Å². The SMILES string of the molecule is NC(=O)c1ccc(COc2ccc(CC(=O)O)cc2)cc1. The number of benzene rings is 2. The van der Waals surface area contributed by atoms with Gasteiger partial charge in [-0.25, -0.2) is 0 Å².